The Bertz CT molecular complexity index is 1040. The first-order chi connectivity index (χ1) is 12.5. The second-order valence-electron chi connectivity index (χ2n) is 6.25. The van der Waals surface area contributed by atoms with E-state index in [1.165, 1.54) is 9.75 Å². The molecular weight excluding hydrogens is 412 g/mol. The molecule has 1 aromatic carbocycles. The molecular formula is C19H15BrN4OS. The van der Waals surface area contributed by atoms with Crippen LogP contribution in [-0.4, -0.2) is 16.1 Å². The number of halogens is 1. The maximum Gasteiger partial charge on any atom is 0.244 e. The third-order valence-electron chi connectivity index (χ3n) is 4.58. The highest BCUT2D eigenvalue weighted by Gasteiger charge is 2.41. The SMILES string of the molecule is Cc1cc(-c2[nH]nc3c2C(c2ccc(Br)cc2)C(C#N)C(=N)O3)c(C)s1. The fraction of sp³-hybridized carbons (Fsp3) is 0.211. The van der Waals surface area contributed by atoms with Crippen molar-refractivity contribution in [2.45, 2.75) is 19.8 Å². The lowest BCUT2D eigenvalue weighted by atomic mass is 9.79. The highest BCUT2D eigenvalue weighted by atomic mass is 79.9. The summed E-state index contributed by atoms with van der Waals surface area (Å²) in [6.07, 6.45) is 0. The van der Waals surface area contributed by atoms with Crippen LogP contribution in [0.25, 0.3) is 11.3 Å². The standard InChI is InChI=1S/C19H15BrN4OS/c1-9-7-13(10(2)26-9)17-16-15(11-3-5-12(20)6-4-11)14(8-21)18(22)25-19(16)24-23-17/h3-7,14-15,22H,1-2H3,(H,23,24). The van der Waals surface area contributed by atoms with Gasteiger partial charge in [-0.1, -0.05) is 28.1 Å². The maximum atomic E-state index is 9.72. The average molecular weight is 427 g/mol. The predicted molar refractivity (Wildman–Crippen MR) is 105 cm³/mol. The van der Waals surface area contributed by atoms with E-state index in [0.29, 0.717) is 5.88 Å². The Morgan fingerprint density at radius 2 is 2.04 bits per heavy atom. The van der Waals surface area contributed by atoms with Crippen molar-refractivity contribution in [3.05, 3.63) is 55.7 Å². The summed E-state index contributed by atoms with van der Waals surface area (Å²) < 4.78 is 6.54. The van der Waals surface area contributed by atoms with Gasteiger partial charge in [-0.15, -0.1) is 16.4 Å². The topological polar surface area (TPSA) is 85.5 Å². The number of nitrogens with one attached hydrogen (secondary N) is 2. The van der Waals surface area contributed by atoms with Crippen molar-refractivity contribution in [3.63, 3.8) is 0 Å². The van der Waals surface area contributed by atoms with Crippen LogP contribution in [0.5, 0.6) is 5.88 Å². The lowest BCUT2D eigenvalue weighted by Crippen LogP contribution is -2.30. The van der Waals surface area contributed by atoms with E-state index >= 15 is 0 Å². The molecule has 0 fully saturated rings. The number of fused-ring (bicyclic) bond motifs is 1. The van der Waals surface area contributed by atoms with E-state index in [9.17, 15) is 5.26 Å². The number of nitriles is 1. The van der Waals surface area contributed by atoms with Crippen LogP contribution in [0, 0.1) is 36.5 Å². The van der Waals surface area contributed by atoms with Gasteiger partial charge in [0.05, 0.1) is 17.3 Å². The van der Waals surface area contributed by atoms with Gasteiger partial charge < -0.3 is 4.74 Å². The molecule has 2 N–H and O–H groups in total. The molecule has 3 heterocycles. The number of H-pyrrole nitrogens is 1. The molecule has 7 heteroatoms. The van der Waals surface area contributed by atoms with E-state index in [1.54, 1.807) is 11.3 Å². The smallest absolute Gasteiger partial charge is 0.244 e. The highest BCUT2D eigenvalue weighted by Crippen LogP contribution is 2.47. The summed E-state index contributed by atoms with van der Waals surface area (Å²) in [5.41, 5.74) is 3.73. The summed E-state index contributed by atoms with van der Waals surface area (Å²) in [4.78, 5) is 2.39. The summed E-state index contributed by atoms with van der Waals surface area (Å²) in [5, 5.41) is 25.2. The minimum Gasteiger partial charge on any atom is -0.422 e. The van der Waals surface area contributed by atoms with Gasteiger partial charge in [-0.3, -0.25) is 10.5 Å². The van der Waals surface area contributed by atoms with Gasteiger partial charge in [0.2, 0.25) is 11.8 Å². The molecule has 5 nitrogen and oxygen atoms in total. The zero-order valence-corrected chi connectivity index (χ0v) is 16.5. The summed E-state index contributed by atoms with van der Waals surface area (Å²) in [6.45, 7) is 4.14. The molecule has 0 bridgehead atoms. The van der Waals surface area contributed by atoms with Crippen molar-refractivity contribution < 1.29 is 4.74 Å². The van der Waals surface area contributed by atoms with Crippen molar-refractivity contribution in [2.75, 3.05) is 0 Å². The number of ether oxygens (including phenoxy) is 1. The third kappa shape index (κ3) is 2.66. The van der Waals surface area contributed by atoms with Crippen LogP contribution in [0.3, 0.4) is 0 Å². The Morgan fingerprint density at radius 1 is 1.31 bits per heavy atom. The van der Waals surface area contributed by atoms with Crippen molar-refractivity contribution >= 4 is 33.2 Å². The quantitative estimate of drug-likeness (QED) is 0.593. The minimum absolute atomic E-state index is 0.0656. The highest BCUT2D eigenvalue weighted by molar-refractivity contribution is 9.10. The van der Waals surface area contributed by atoms with Gasteiger partial charge in [0.15, 0.2) is 0 Å². The number of nitrogens with zero attached hydrogens (tertiary/aromatic N) is 2. The zero-order valence-electron chi connectivity index (χ0n) is 14.1. The molecule has 26 heavy (non-hydrogen) atoms. The van der Waals surface area contributed by atoms with Crippen molar-refractivity contribution in [2.24, 2.45) is 5.92 Å². The Hall–Kier alpha value is -2.43. The number of aromatic nitrogens is 2. The molecule has 0 aliphatic carbocycles. The number of benzene rings is 1. The monoisotopic (exact) mass is 426 g/mol. The third-order valence-corrected chi connectivity index (χ3v) is 6.08. The van der Waals surface area contributed by atoms with Gasteiger partial charge >= 0.3 is 0 Å². The maximum absolute atomic E-state index is 9.72. The van der Waals surface area contributed by atoms with Crippen LogP contribution in [0.15, 0.2) is 34.8 Å². The van der Waals surface area contributed by atoms with E-state index < -0.39 is 5.92 Å². The summed E-state index contributed by atoms with van der Waals surface area (Å²) in [7, 11) is 0. The molecule has 0 amide bonds. The number of aromatic amines is 1. The van der Waals surface area contributed by atoms with E-state index in [2.05, 4.69) is 52.1 Å². The first-order valence-corrected chi connectivity index (χ1v) is 9.67. The lowest BCUT2D eigenvalue weighted by Gasteiger charge is -2.28. The summed E-state index contributed by atoms with van der Waals surface area (Å²) in [6, 6.07) is 12.2. The number of rotatable bonds is 2. The Balaban J connectivity index is 1.95. The fourth-order valence-electron chi connectivity index (χ4n) is 3.43. The lowest BCUT2D eigenvalue weighted by molar-refractivity contribution is 0.437. The molecule has 2 atom stereocenters. The Morgan fingerprint density at radius 3 is 2.65 bits per heavy atom. The summed E-state index contributed by atoms with van der Waals surface area (Å²) >= 11 is 5.17. The molecule has 0 saturated heterocycles. The Kier molecular flexibility index (Phi) is 4.17. The van der Waals surface area contributed by atoms with Gasteiger partial charge in [0, 0.05) is 25.7 Å². The van der Waals surface area contributed by atoms with Crippen LogP contribution in [0.1, 0.15) is 26.8 Å². The number of hydrogen-bond acceptors (Lipinski definition) is 5. The Labute approximate surface area is 163 Å². The first kappa shape index (κ1) is 17.0. The number of hydrogen-bond donors (Lipinski definition) is 2. The van der Waals surface area contributed by atoms with Gasteiger partial charge in [-0.25, -0.2) is 0 Å². The van der Waals surface area contributed by atoms with Crippen molar-refractivity contribution in [1.82, 2.24) is 10.2 Å². The largest absolute Gasteiger partial charge is 0.422 e. The second-order valence-corrected chi connectivity index (χ2v) is 8.62. The normalized spacial score (nSPS) is 18.9. The van der Waals surface area contributed by atoms with Crippen LogP contribution < -0.4 is 4.74 Å². The van der Waals surface area contributed by atoms with Gasteiger partial charge in [-0.2, -0.15) is 5.26 Å². The van der Waals surface area contributed by atoms with Crippen LogP contribution in [0.2, 0.25) is 0 Å². The van der Waals surface area contributed by atoms with Crippen molar-refractivity contribution in [3.8, 4) is 23.2 Å². The van der Waals surface area contributed by atoms with E-state index in [1.807, 2.05) is 24.3 Å². The van der Waals surface area contributed by atoms with E-state index in [4.69, 9.17) is 10.1 Å². The molecule has 0 saturated carbocycles. The average Bonchev–Trinajstić information content (AvgIpc) is 3.16. The van der Waals surface area contributed by atoms with Crippen LogP contribution >= 0.6 is 27.3 Å². The predicted octanol–water partition coefficient (Wildman–Crippen LogP) is 5.16. The van der Waals surface area contributed by atoms with Crippen LogP contribution in [-0.2, 0) is 0 Å². The molecule has 3 aromatic rings. The van der Waals surface area contributed by atoms with Crippen LogP contribution in [0.4, 0.5) is 0 Å². The fourth-order valence-corrected chi connectivity index (χ4v) is 4.63. The minimum atomic E-state index is -0.694. The summed E-state index contributed by atoms with van der Waals surface area (Å²) in [5.74, 6) is -0.686. The van der Waals surface area contributed by atoms with E-state index in [-0.39, 0.29) is 11.8 Å². The molecule has 0 radical (unpaired) electrons. The zero-order chi connectivity index (χ0) is 18.4. The first-order valence-electron chi connectivity index (χ1n) is 8.06. The van der Waals surface area contributed by atoms with E-state index in [0.717, 1.165) is 26.9 Å². The molecule has 2 unspecified atom stereocenters. The molecule has 130 valence electrons. The van der Waals surface area contributed by atoms with Gasteiger partial charge in [0.25, 0.3) is 0 Å². The number of thiophene rings is 1. The van der Waals surface area contributed by atoms with Crippen molar-refractivity contribution in [1.29, 1.82) is 10.7 Å². The number of aryl methyl sites for hydroxylation is 2. The molecule has 0 spiro atoms. The molecule has 2 aromatic heterocycles. The molecule has 1 aliphatic rings. The molecule has 1 aliphatic heterocycles. The second kappa shape index (κ2) is 6.38. The molecule has 4 rings (SSSR count). The van der Waals surface area contributed by atoms with Gasteiger partial charge in [-0.05, 0) is 37.6 Å². The van der Waals surface area contributed by atoms with Gasteiger partial charge in [0.1, 0.15) is 5.92 Å².